The van der Waals surface area contributed by atoms with Crippen molar-refractivity contribution in [3.05, 3.63) is 39.8 Å². The van der Waals surface area contributed by atoms with Crippen LogP contribution in [-0.2, 0) is 6.54 Å². The normalized spacial score (nSPS) is 15.0. The highest BCUT2D eigenvalue weighted by Crippen LogP contribution is 2.31. The topological polar surface area (TPSA) is 38.1 Å². The van der Waals surface area contributed by atoms with Gasteiger partial charge in [0.15, 0.2) is 5.76 Å². The number of oxazole rings is 1. The standard InChI is InChI=1S/C13H12BrClN2O/c14-11-4-1-8(15)5-10(11)12-6-17-13(18-12)7-16-9-2-3-9/h1,4-6,9,16H,2-3,7H2. The van der Waals surface area contributed by atoms with E-state index in [1.807, 2.05) is 18.2 Å². The van der Waals surface area contributed by atoms with Gasteiger partial charge in [0.25, 0.3) is 0 Å². The summed E-state index contributed by atoms with van der Waals surface area (Å²) in [7, 11) is 0. The maximum atomic E-state index is 5.99. The molecule has 0 amide bonds. The first-order valence-electron chi connectivity index (χ1n) is 5.86. The van der Waals surface area contributed by atoms with Crippen molar-refractivity contribution in [3.8, 4) is 11.3 Å². The number of hydrogen-bond donors (Lipinski definition) is 1. The highest BCUT2D eigenvalue weighted by molar-refractivity contribution is 9.10. The second-order valence-electron chi connectivity index (χ2n) is 4.40. The lowest BCUT2D eigenvalue weighted by atomic mass is 10.2. The summed E-state index contributed by atoms with van der Waals surface area (Å²) in [6.45, 7) is 0.683. The minimum atomic E-state index is 0.651. The highest BCUT2D eigenvalue weighted by Gasteiger charge is 2.21. The summed E-state index contributed by atoms with van der Waals surface area (Å²) in [5.41, 5.74) is 0.924. The van der Waals surface area contributed by atoms with Crippen LogP contribution in [0, 0.1) is 0 Å². The molecule has 1 aliphatic rings. The van der Waals surface area contributed by atoms with E-state index < -0.39 is 0 Å². The summed E-state index contributed by atoms with van der Waals surface area (Å²) in [6, 6.07) is 6.26. The summed E-state index contributed by atoms with van der Waals surface area (Å²) >= 11 is 9.48. The predicted molar refractivity (Wildman–Crippen MR) is 74.5 cm³/mol. The number of benzene rings is 1. The molecular formula is C13H12BrClN2O. The lowest BCUT2D eigenvalue weighted by Crippen LogP contribution is -2.15. The molecule has 1 aromatic carbocycles. The largest absolute Gasteiger partial charge is 0.439 e. The Labute approximate surface area is 119 Å². The number of nitrogens with one attached hydrogen (secondary N) is 1. The zero-order chi connectivity index (χ0) is 12.5. The second-order valence-corrected chi connectivity index (χ2v) is 5.69. The molecule has 1 aliphatic carbocycles. The van der Waals surface area contributed by atoms with Crippen LogP contribution in [0.1, 0.15) is 18.7 Å². The van der Waals surface area contributed by atoms with Crippen LogP contribution in [-0.4, -0.2) is 11.0 Å². The summed E-state index contributed by atoms with van der Waals surface area (Å²) in [4.78, 5) is 4.27. The van der Waals surface area contributed by atoms with Crippen molar-refractivity contribution in [3.63, 3.8) is 0 Å². The first-order chi connectivity index (χ1) is 8.72. The molecule has 1 N–H and O–H groups in total. The van der Waals surface area contributed by atoms with Gasteiger partial charge in [-0.2, -0.15) is 0 Å². The fourth-order valence-electron chi connectivity index (χ4n) is 1.72. The van der Waals surface area contributed by atoms with Crippen LogP contribution >= 0.6 is 27.5 Å². The summed E-state index contributed by atoms with van der Waals surface area (Å²) in [5, 5.41) is 4.05. The Hall–Kier alpha value is -0.840. The molecule has 0 unspecified atom stereocenters. The molecule has 94 valence electrons. The lowest BCUT2D eigenvalue weighted by Gasteiger charge is -2.01. The van der Waals surface area contributed by atoms with Crippen molar-refractivity contribution in [1.29, 1.82) is 0 Å². The van der Waals surface area contributed by atoms with E-state index in [4.69, 9.17) is 16.0 Å². The zero-order valence-corrected chi connectivity index (χ0v) is 12.0. The van der Waals surface area contributed by atoms with Crippen LogP contribution in [0.2, 0.25) is 5.02 Å². The monoisotopic (exact) mass is 326 g/mol. The van der Waals surface area contributed by atoms with Crippen LogP contribution in [0.3, 0.4) is 0 Å². The van der Waals surface area contributed by atoms with E-state index in [1.165, 1.54) is 12.8 Å². The van der Waals surface area contributed by atoms with Gasteiger partial charge >= 0.3 is 0 Å². The fraction of sp³-hybridized carbons (Fsp3) is 0.308. The molecule has 1 heterocycles. The molecule has 0 saturated heterocycles. The molecule has 1 saturated carbocycles. The second kappa shape index (κ2) is 5.03. The van der Waals surface area contributed by atoms with Crippen LogP contribution in [0.15, 0.2) is 33.3 Å². The molecule has 0 atom stereocenters. The van der Waals surface area contributed by atoms with Gasteiger partial charge in [-0.1, -0.05) is 27.5 Å². The van der Waals surface area contributed by atoms with Gasteiger partial charge in [0, 0.05) is 21.1 Å². The van der Waals surface area contributed by atoms with Crippen molar-refractivity contribution in [2.75, 3.05) is 0 Å². The number of nitrogens with zero attached hydrogens (tertiary/aromatic N) is 1. The van der Waals surface area contributed by atoms with Crippen molar-refractivity contribution < 1.29 is 4.42 Å². The van der Waals surface area contributed by atoms with Gasteiger partial charge in [-0.25, -0.2) is 4.98 Å². The van der Waals surface area contributed by atoms with Gasteiger partial charge in [0.1, 0.15) is 0 Å². The van der Waals surface area contributed by atoms with Crippen LogP contribution < -0.4 is 5.32 Å². The Morgan fingerprint density at radius 1 is 1.44 bits per heavy atom. The maximum Gasteiger partial charge on any atom is 0.208 e. The van der Waals surface area contributed by atoms with Crippen molar-refractivity contribution in [1.82, 2.24) is 10.3 Å². The Morgan fingerprint density at radius 3 is 3.06 bits per heavy atom. The Bertz CT molecular complexity index is 566. The van der Waals surface area contributed by atoms with E-state index in [2.05, 4.69) is 26.2 Å². The molecule has 1 aromatic heterocycles. The number of hydrogen-bond acceptors (Lipinski definition) is 3. The first-order valence-corrected chi connectivity index (χ1v) is 7.03. The zero-order valence-electron chi connectivity index (χ0n) is 9.62. The van der Waals surface area contributed by atoms with E-state index in [0.29, 0.717) is 23.5 Å². The Kier molecular flexibility index (Phi) is 3.41. The molecule has 2 aromatic rings. The van der Waals surface area contributed by atoms with Gasteiger partial charge in [0.2, 0.25) is 5.89 Å². The van der Waals surface area contributed by atoms with E-state index in [9.17, 15) is 0 Å². The smallest absolute Gasteiger partial charge is 0.208 e. The van der Waals surface area contributed by atoms with E-state index in [0.717, 1.165) is 15.8 Å². The highest BCUT2D eigenvalue weighted by atomic mass is 79.9. The van der Waals surface area contributed by atoms with E-state index in [1.54, 1.807) is 6.20 Å². The molecule has 0 aliphatic heterocycles. The molecule has 18 heavy (non-hydrogen) atoms. The third-order valence-corrected chi connectivity index (χ3v) is 3.79. The molecule has 5 heteroatoms. The summed E-state index contributed by atoms with van der Waals surface area (Å²) < 4.78 is 6.67. The maximum absolute atomic E-state index is 5.99. The van der Waals surface area contributed by atoms with Crippen molar-refractivity contribution in [2.45, 2.75) is 25.4 Å². The lowest BCUT2D eigenvalue weighted by molar-refractivity contribution is 0.476. The molecule has 0 radical (unpaired) electrons. The number of halogens is 2. The SMILES string of the molecule is Clc1ccc(Br)c(-c2cnc(CNC3CC3)o2)c1. The quantitative estimate of drug-likeness (QED) is 0.922. The molecule has 0 bridgehead atoms. The minimum absolute atomic E-state index is 0.651. The number of aromatic nitrogens is 1. The molecule has 3 nitrogen and oxygen atoms in total. The number of rotatable bonds is 4. The van der Waals surface area contributed by atoms with Crippen molar-refractivity contribution >= 4 is 27.5 Å². The first kappa shape index (κ1) is 12.2. The molecule has 3 rings (SSSR count). The average Bonchev–Trinajstić information content (AvgIpc) is 3.08. The van der Waals surface area contributed by atoms with Crippen molar-refractivity contribution in [2.24, 2.45) is 0 Å². The van der Waals surface area contributed by atoms with Crippen LogP contribution in [0.4, 0.5) is 0 Å². The van der Waals surface area contributed by atoms with Crippen LogP contribution in [0.5, 0.6) is 0 Å². The predicted octanol–water partition coefficient (Wildman–Crippen LogP) is 4.01. The van der Waals surface area contributed by atoms with E-state index >= 15 is 0 Å². The average molecular weight is 328 g/mol. The molecule has 0 spiro atoms. The summed E-state index contributed by atoms with van der Waals surface area (Å²) in [5.74, 6) is 1.45. The Balaban J connectivity index is 1.80. The molecular weight excluding hydrogens is 316 g/mol. The third-order valence-electron chi connectivity index (χ3n) is 2.87. The van der Waals surface area contributed by atoms with Crippen LogP contribution in [0.25, 0.3) is 11.3 Å². The third kappa shape index (κ3) is 2.76. The van der Waals surface area contributed by atoms with E-state index in [-0.39, 0.29) is 0 Å². The van der Waals surface area contributed by atoms with Gasteiger partial charge in [-0.05, 0) is 31.0 Å². The molecule has 1 fully saturated rings. The minimum Gasteiger partial charge on any atom is -0.439 e. The van der Waals surface area contributed by atoms with Gasteiger partial charge in [-0.15, -0.1) is 0 Å². The Morgan fingerprint density at radius 2 is 2.28 bits per heavy atom. The van der Waals surface area contributed by atoms with Gasteiger partial charge < -0.3 is 9.73 Å². The van der Waals surface area contributed by atoms with Gasteiger partial charge in [-0.3, -0.25) is 0 Å². The summed E-state index contributed by atoms with van der Waals surface area (Å²) in [6.07, 6.45) is 4.25. The van der Waals surface area contributed by atoms with Gasteiger partial charge in [0.05, 0.1) is 12.7 Å². The fourth-order valence-corrected chi connectivity index (χ4v) is 2.34.